The van der Waals surface area contributed by atoms with Gasteiger partial charge >= 0.3 is 0 Å². The molecule has 0 spiro atoms. The van der Waals surface area contributed by atoms with E-state index in [2.05, 4.69) is 24.5 Å². The van der Waals surface area contributed by atoms with Crippen molar-refractivity contribution in [2.24, 2.45) is 0 Å². The van der Waals surface area contributed by atoms with Crippen molar-refractivity contribution < 1.29 is 9.90 Å². The minimum atomic E-state index is -0.685. The van der Waals surface area contributed by atoms with Crippen LogP contribution in [0.25, 0.3) is 0 Å². The van der Waals surface area contributed by atoms with Crippen LogP contribution in [0.15, 0.2) is 0 Å². The van der Waals surface area contributed by atoms with Crippen LogP contribution >= 0.6 is 0 Å². The summed E-state index contributed by atoms with van der Waals surface area (Å²) in [6.07, 6.45) is 3.31. The number of hydrogen-bond donors (Lipinski definition) is 3. The number of carbonyl (C=O) groups is 1. The zero-order chi connectivity index (χ0) is 13.3. The van der Waals surface area contributed by atoms with Gasteiger partial charge in [0.05, 0.1) is 12.1 Å². The number of rotatable bonds is 9. The Morgan fingerprint density at radius 2 is 1.71 bits per heavy atom. The van der Waals surface area contributed by atoms with Crippen molar-refractivity contribution in [2.45, 2.75) is 65.0 Å². The van der Waals surface area contributed by atoms with Gasteiger partial charge in [0.2, 0.25) is 5.91 Å². The molecule has 3 N–H and O–H groups in total. The third-order valence-electron chi connectivity index (χ3n) is 3.41. The molecule has 0 aliphatic rings. The molecule has 0 heterocycles. The zero-order valence-electron chi connectivity index (χ0n) is 11.7. The van der Waals surface area contributed by atoms with E-state index in [4.69, 9.17) is 0 Å². The van der Waals surface area contributed by atoms with Crippen molar-refractivity contribution >= 4 is 5.91 Å². The summed E-state index contributed by atoms with van der Waals surface area (Å²) in [5.41, 5.74) is -0.685. The van der Waals surface area contributed by atoms with Crippen LogP contribution in [0.2, 0.25) is 0 Å². The van der Waals surface area contributed by atoms with Gasteiger partial charge in [-0.15, -0.1) is 0 Å². The quantitative estimate of drug-likeness (QED) is 0.575. The fourth-order valence-corrected chi connectivity index (χ4v) is 1.68. The number of carbonyl (C=O) groups excluding carboxylic acids is 1. The van der Waals surface area contributed by atoms with E-state index >= 15 is 0 Å². The van der Waals surface area contributed by atoms with Crippen molar-refractivity contribution in [3.05, 3.63) is 0 Å². The molecule has 0 radical (unpaired) electrons. The standard InChI is InChI=1S/C13H28N2O2/c1-5-11(6-2)15-12(16)9-14-10-13(17,7-3)8-4/h11,14,17H,5-10H2,1-4H3,(H,15,16). The second kappa shape index (κ2) is 8.48. The first-order valence-corrected chi connectivity index (χ1v) is 6.73. The Morgan fingerprint density at radius 3 is 2.12 bits per heavy atom. The molecule has 0 saturated heterocycles. The minimum absolute atomic E-state index is 0.00764. The Kier molecular flexibility index (Phi) is 8.17. The first-order valence-electron chi connectivity index (χ1n) is 6.73. The molecule has 0 rings (SSSR count). The van der Waals surface area contributed by atoms with Crippen LogP contribution < -0.4 is 10.6 Å². The van der Waals surface area contributed by atoms with Crippen molar-refractivity contribution in [3.8, 4) is 0 Å². The molecular formula is C13H28N2O2. The largest absolute Gasteiger partial charge is 0.389 e. The van der Waals surface area contributed by atoms with Crippen LogP contribution in [0, 0.1) is 0 Å². The number of hydrogen-bond acceptors (Lipinski definition) is 3. The average Bonchev–Trinajstić information content (AvgIpc) is 2.35. The van der Waals surface area contributed by atoms with E-state index in [0.29, 0.717) is 19.4 Å². The predicted molar refractivity (Wildman–Crippen MR) is 70.9 cm³/mol. The van der Waals surface area contributed by atoms with Gasteiger partial charge in [0.15, 0.2) is 0 Å². The van der Waals surface area contributed by atoms with Gasteiger partial charge in [0.1, 0.15) is 0 Å². The highest BCUT2D eigenvalue weighted by Gasteiger charge is 2.21. The summed E-state index contributed by atoms with van der Waals surface area (Å²) < 4.78 is 0. The summed E-state index contributed by atoms with van der Waals surface area (Å²) in [4.78, 5) is 11.6. The molecule has 4 heteroatoms. The van der Waals surface area contributed by atoms with Crippen LogP contribution in [-0.2, 0) is 4.79 Å². The number of amides is 1. The second-order valence-electron chi connectivity index (χ2n) is 4.62. The Balaban J connectivity index is 3.85. The van der Waals surface area contributed by atoms with E-state index in [1.54, 1.807) is 0 Å². The summed E-state index contributed by atoms with van der Waals surface area (Å²) in [5, 5.41) is 16.0. The lowest BCUT2D eigenvalue weighted by Gasteiger charge is -2.25. The average molecular weight is 244 g/mol. The van der Waals surface area contributed by atoms with Crippen LogP contribution in [0.5, 0.6) is 0 Å². The summed E-state index contributed by atoms with van der Waals surface area (Å²) in [5.74, 6) is 0.00764. The molecule has 1 amide bonds. The topological polar surface area (TPSA) is 61.4 Å². The zero-order valence-corrected chi connectivity index (χ0v) is 11.7. The van der Waals surface area contributed by atoms with Gasteiger partial charge in [0.25, 0.3) is 0 Å². The third-order valence-corrected chi connectivity index (χ3v) is 3.41. The maximum Gasteiger partial charge on any atom is 0.234 e. The molecule has 102 valence electrons. The van der Waals surface area contributed by atoms with Crippen LogP contribution in [0.4, 0.5) is 0 Å². The molecule has 0 aromatic heterocycles. The Morgan fingerprint density at radius 1 is 1.18 bits per heavy atom. The maximum absolute atomic E-state index is 11.6. The van der Waals surface area contributed by atoms with E-state index < -0.39 is 5.60 Å². The molecule has 0 atom stereocenters. The predicted octanol–water partition coefficient (Wildman–Crippen LogP) is 1.43. The van der Waals surface area contributed by atoms with Crippen molar-refractivity contribution in [2.75, 3.05) is 13.1 Å². The normalized spacial score (nSPS) is 11.9. The van der Waals surface area contributed by atoms with Gasteiger partial charge in [-0.05, 0) is 25.7 Å². The highest BCUT2D eigenvalue weighted by atomic mass is 16.3. The summed E-state index contributed by atoms with van der Waals surface area (Å²) in [6, 6.07) is 0.264. The molecule has 0 aromatic carbocycles. The van der Waals surface area contributed by atoms with Gasteiger partial charge in [-0.3, -0.25) is 4.79 Å². The van der Waals surface area contributed by atoms with Gasteiger partial charge < -0.3 is 15.7 Å². The van der Waals surface area contributed by atoms with Crippen molar-refractivity contribution in [3.63, 3.8) is 0 Å². The number of aliphatic hydroxyl groups is 1. The molecule has 0 aliphatic carbocycles. The van der Waals surface area contributed by atoms with E-state index in [1.165, 1.54) is 0 Å². The monoisotopic (exact) mass is 244 g/mol. The highest BCUT2D eigenvalue weighted by molar-refractivity contribution is 5.78. The molecular weight excluding hydrogens is 216 g/mol. The highest BCUT2D eigenvalue weighted by Crippen LogP contribution is 2.12. The van der Waals surface area contributed by atoms with E-state index in [1.807, 2.05) is 13.8 Å². The maximum atomic E-state index is 11.6. The second-order valence-corrected chi connectivity index (χ2v) is 4.62. The first kappa shape index (κ1) is 16.4. The van der Waals surface area contributed by atoms with Gasteiger partial charge in [0, 0.05) is 12.6 Å². The van der Waals surface area contributed by atoms with Gasteiger partial charge in [-0.1, -0.05) is 27.7 Å². The molecule has 4 nitrogen and oxygen atoms in total. The third kappa shape index (κ3) is 6.64. The molecule has 17 heavy (non-hydrogen) atoms. The fourth-order valence-electron chi connectivity index (χ4n) is 1.68. The minimum Gasteiger partial charge on any atom is -0.389 e. The first-order chi connectivity index (χ1) is 8.01. The Bertz CT molecular complexity index is 211. The number of nitrogens with one attached hydrogen (secondary N) is 2. The van der Waals surface area contributed by atoms with Crippen LogP contribution in [0.1, 0.15) is 53.4 Å². The molecule has 0 bridgehead atoms. The van der Waals surface area contributed by atoms with Crippen molar-refractivity contribution in [1.29, 1.82) is 0 Å². The Labute approximate surface area is 105 Å². The lowest BCUT2D eigenvalue weighted by atomic mass is 9.98. The van der Waals surface area contributed by atoms with E-state index in [-0.39, 0.29) is 18.5 Å². The van der Waals surface area contributed by atoms with Crippen LogP contribution in [-0.4, -0.2) is 35.7 Å². The van der Waals surface area contributed by atoms with Gasteiger partial charge in [-0.2, -0.15) is 0 Å². The molecule has 0 aliphatic heterocycles. The lowest BCUT2D eigenvalue weighted by Crippen LogP contribution is -2.45. The SMILES string of the molecule is CCC(CC)NC(=O)CNCC(O)(CC)CC. The summed E-state index contributed by atoms with van der Waals surface area (Å²) in [7, 11) is 0. The molecule has 0 unspecified atom stereocenters. The van der Waals surface area contributed by atoms with Crippen molar-refractivity contribution in [1.82, 2.24) is 10.6 Å². The van der Waals surface area contributed by atoms with Gasteiger partial charge in [-0.25, -0.2) is 0 Å². The fraction of sp³-hybridized carbons (Fsp3) is 0.923. The summed E-state index contributed by atoms with van der Waals surface area (Å²) in [6.45, 7) is 8.78. The Hall–Kier alpha value is -0.610. The summed E-state index contributed by atoms with van der Waals surface area (Å²) >= 11 is 0. The van der Waals surface area contributed by atoms with E-state index in [9.17, 15) is 9.90 Å². The molecule has 0 aromatic rings. The molecule has 0 saturated carbocycles. The molecule has 0 fully saturated rings. The lowest BCUT2D eigenvalue weighted by molar-refractivity contribution is -0.121. The van der Waals surface area contributed by atoms with Crippen LogP contribution in [0.3, 0.4) is 0 Å². The smallest absolute Gasteiger partial charge is 0.234 e. The van der Waals surface area contributed by atoms with E-state index in [0.717, 1.165) is 12.8 Å².